The second-order valence-electron chi connectivity index (χ2n) is 6.02. The van der Waals surface area contributed by atoms with E-state index in [4.69, 9.17) is 10.7 Å². The monoisotopic (exact) mass is 276 g/mol. The predicted octanol–water partition coefficient (Wildman–Crippen LogP) is 3.33. The van der Waals surface area contributed by atoms with E-state index in [0.29, 0.717) is 11.9 Å². The zero-order valence-electron chi connectivity index (χ0n) is 13.3. The number of nitrogen functional groups attached to an aromatic ring is 1. The summed E-state index contributed by atoms with van der Waals surface area (Å²) in [5, 5.41) is 0. The molecule has 1 aromatic rings. The summed E-state index contributed by atoms with van der Waals surface area (Å²) in [4.78, 5) is 11.4. The molecule has 0 bridgehead atoms. The third-order valence-corrected chi connectivity index (χ3v) is 4.80. The van der Waals surface area contributed by atoms with Crippen molar-refractivity contribution in [2.45, 2.75) is 65.3 Å². The first-order chi connectivity index (χ1) is 9.56. The SMILES string of the molecule is CCc1nc(N)c(C)c(N(C)C2CCC(CC)CC2)n1. The maximum atomic E-state index is 6.03. The summed E-state index contributed by atoms with van der Waals surface area (Å²) >= 11 is 0. The summed E-state index contributed by atoms with van der Waals surface area (Å²) in [6.07, 6.45) is 7.35. The highest BCUT2D eigenvalue weighted by molar-refractivity contribution is 5.56. The summed E-state index contributed by atoms with van der Waals surface area (Å²) < 4.78 is 0. The third-order valence-electron chi connectivity index (χ3n) is 4.80. The molecule has 0 unspecified atom stereocenters. The van der Waals surface area contributed by atoms with Gasteiger partial charge in [0.25, 0.3) is 0 Å². The summed E-state index contributed by atoms with van der Waals surface area (Å²) in [5.41, 5.74) is 7.05. The van der Waals surface area contributed by atoms with Gasteiger partial charge in [-0.15, -0.1) is 0 Å². The van der Waals surface area contributed by atoms with Crippen molar-refractivity contribution in [1.29, 1.82) is 0 Å². The fraction of sp³-hybridized carbons (Fsp3) is 0.750. The van der Waals surface area contributed by atoms with Crippen molar-refractivity contribution in [2.75, 3.05) is 17.7 Å². The average molecular weight is 276 g/mol. The number of hydrogen-bond acceptors (Lipinski definition) is 4. The van der Waals surface area contributed by atoms with E-state index in [-0.39, 0.29) is 0 Å². The van der Waals surface area contributed by atoms with Crippen molar-refractivity contribution in [2.24, 2.45) is 5.92 Å². The van der Waals surface area contributed by atoms with Crippen molar-refractivity contribution in [3.05, 3.63) is 11.4 Å². The third kappa shape index (κ3) is 3.05. The zero-order chi connectivity index (χ0) is 14.7. The molecule has 1 saturated carbocycles. The molecule has 4 nitrogen and oxygen atoms in total. The molecular formula is C16H28N4. The highest BCUT2D eigenvalue weighted by atomic mass is 15.2. The number of nitrogens with two attached hydrogens (primary N) is 1. The van der Waals surface area contributed by atoms with Crippen LogP contribution in [0.5, 0.6) is 0 Å². The minimum absolute atomic E-state index is 0.593. The number of aromatic nitrogens is 2. The lowest BCUT2D eigenvalue weighted by atomic mass is 9.84. The Balaban J connectivity index is 2.17. The Morgan fingerprint density at radius 2 is 1.80 bits per heavy atom. The fourth-order valence-electron chi connectivity index (χ4n) is 3.18. The average Bonchev–Trinajstić information content (AvgIpc) is 2.49. The van der Waals surface area contributed by atoms with Gasteiger partial charge in [-0.3, -0.25) is 0 Å². The van der Waals surface area contributed by atoms with Crippen molar-refractivity contribution in [3.63, 3.8) is 0 Å². The molecule has 0 aromatic carbocycles. The van der Waals surface area contributed by atoms with Gasteiger partial charge in [0.15, 0.2) is 0 Å². The van der Waals surface area contributed by atoms with E-state index in [0.717, 1.165) is 29.5 Å². The van der Waals surface area contributed by atoms with Crippen LogP contribution < -0.4 is 10.6 Å². The highest BCUT2D eigenvalue weighted by Crippen LogP contribution is 2.32. The van der Waals surface area contributed by atoms with E-state index in [1.165, 1.54) is 32.1 Å². The van der Waals surface area contributed by atoms with Gasteiger partial charge in [0, 0.05) is 25.1 Å². The van der Waals surface area contributed by atoms with Crippen LogP contribution in [0.3, 0.4) is 0 Å². The van der Waals surface area contributed by atoms with Crippen LogP contribution in [-0.4, -0.2) is 23.1 Å². The Hall–Kier alpha value is -1.32. The van der Waals surface area contributed by atoms with E-state index >= 15 is 0 Å². The molecule has 4 heteroatoms. The molecule has 1 aliphatic carbocycles. The summed E-state index contributed by atoms with van der Waals surface area (Å²) in [6.45, 7) is 6.40. The molecule has 2 rings (SSSR count). The molecule has 2 N–H and O–H groups in total. The molecule has 1 fully saturated rings. The van der Waals surface area contributed by atoms with Gasteiger partial charge in [-0.1, -0.05) is 20.3 Å². The van der Waals surface area contributed by atoms with Crippen LogP contribution in [0.1, 0.15) is 57.3 Å². The maximum Gasteiger partial charge on any atom is 0.137 e. The summed E-state index contributed by atoms with van der Waals surface area (Å²) in [5.74, 6) is 3.41. The van der Waals surface area contributed by atoms with E-state index in [2.05, 4.69) is 30.8 Å². The molecule has 1 aliphatic rings. The normalized spacial score (nSPS) is 22.8. The molecule has 0 aliphatic heterocycles. The smallest absolute Gasteiger partial charge is 0.137 e. The second kappa shape index (κ2) is 6.42. The fourth-order valence-corrected chi connectivity index (χ4v) is 3.18. The van der Waals surface area contributed by atoms with E-state index in [1.807, 2.05) is 6.92 Å². The van der Waals surface area contributed by atoms with Gasteiger partial charge >= 0.3 is 0 Å². The Labute approximate surface area is 122 Å². The van der Waals surface area contributed by atoms with Crippen LogP contribution >= 0.6 is 0 Å². The Morgan fingerprint density at radius 3 is 2.35 bits per heavy atom. The van der Waals surface area contributed by atoms with Gasteiger partial charge in [0.1, 0.15) is 17.5 Å². The van der Waals surface area contributed by atoms with Crippen molar-refractivity contribution < 1.29 is 0 Å². The van der Waals surface area contributed by atoms with Crippen LogP contribution in [0.15, 0.2) is 0 Å². The van der Waals surface area contributed by atoms with Crippen LogP contribution in [0.2, 0.25) is 0 Å². The lowest BCUT2D eigenvalue weighted by Crippen LogP contribution is -2.36. The van der Waals surface area contributed by atoms with Gasteiger partial charge in [0.05, 0.1) is 0 Å². The predicted molar refractivity (Wildman–Crippen MR) is 85.0 cm³/mol. The van der Waals surface area contributed by atoms with E-state index in [9.17, 15) is 0 Å². The topological polar surface area (TPSA) is 55.0 Å². The number of nitrogens with zero attached hydrogens (tertiary/aromatic N) is 3. The highest BCUT2D eigenvalue weighted by Gasteiger charge is 2.25. The Morgan fingerprint density at radius 1 is 1.15 bits per heavy atom. The minimum atomic E-state index is 0.593. The molecule has 1 heterocycles. The summed E-state index contributed by atoms with van der Waals surface area (Å²) in [6, 6.07) is 0.593. The minimum Gasteiger partial charge on any atom is -0.383 e. The van der Waals surface area contributed by atoms with Crippen molar-refractivity contribution in [3.8, 4) is 0 Å². The molecule has 0 saturated heterocycles. The van der Waals surface area contributed by atoms with Crippen LogP contribution in [0.4, 0.5) is 11.6 Å². The van der Waals surface area contributed by atoms with Crippen LogP contribution in [0, 0.1) is 12.8 Å². The first-order valence-electron chi connectivity index (χ1n) is 7.92. The second-order valence-corrected chi connectivity index (χ2v) is 6.02. The lowest BCUT2D eigenvalue weighted by Gasteiger charge is -2.36. The molecule has 0 radical (unpaired) electrons. The molecule has 112 valence electrons. The largest absolute Gasteiger partial charge is 0.383 e. The van der Waals surface area contributed by atoms with Gasteiger partial charge in [0.2, 0.25) is 0 Å². The zero-order valence-corrected chi connectivity index (χ0v) is 13.3. The summed E-state index contributed by atoms with van der Waals surface area (Å²) in [7, 11) is 2.16. The number of rotatable bonds is 4. The standard InChI is InChI=1S/C16H28N4/c1-5-12-7-9-13(10-8-12)20(4)16-11(3)15(17)18-14(6-2)19-16/h12-13H,5-10H2,1-4H3,(H2,17,18,19). The maximum absolute atomic E-state index is 6.03. The first-order valence-corrected chi connectivity index (χ1v) is 7.92. The van der Waals surface area contributed by atoms with Gasteiger partial charge in [-0.2, -0.15) is 0 Å². The first kappa shape index (κ1) is 15.1. The molecule has 0 atom stereocenters. The molecule has 20 heavy (non-hydrogen) atoms. The van der Waals surface area contributed by atoms with Crippen molar-refractivity contribution >= 4 is 11.6 Å². The van der Waals surface area contributed by atoms with Crippen molar-refractivity contribution in [1.82, 2.24) is 9.97 Å². The van der Waals surface area contributed by atoms with Crippen LogP contribution in [0.25, 0.3) is 0 Å². The molecular weight excluding hydrogens is 248 g/mol. The Bertz CT molecular complexity index is 450. The van der Waals surface area contributed by atoms with Crippen LogP contribution in [-0.2, 0) is 6.42 Å². The van der Waals surface area contributed by atoms with E-state index < -0.39 is 0 Å². The molecule has 0 amide bonds. The van der Waals surface area contributed by atoms with Gasteiger partial charge in [-0.05, 0) is 38.5 Å². The number of aryl methyl sites for hydroxylation is 1. The van der Waals surface area contributed by atoms with Gasteiger partial charge < -0.3 is 10.6 Å². The van der Waals surface area contributed by atoms with Gasteiger partial charge in [-0.25, -0.2) is 9.97 Å². The molecule has 1 aromatic heterocycles. The van der Waals surface area contributed by atoms with E-state index in [1.54, 1.807) is 0 Å². The number of hydrogen-bond donors (Lipinski definition) is 1. The Kier molecular flexibility index (Phi) is 4.84. The lowest BCUT2D eigenvalue weighted by molar-refractivity contribution is 0.312. The quantitative estimate of drug-likeness (QED) is 0.916. The number of anilines is 2. The molecule has 0 spiro atoms.